The van der Waals surface area contributed by atoms with Crippen LogP contribution in [0.2, 0.25) is 0 Å². The van der Waals surface area contributed by atoms with Crippen LogP contribution >= 0.6 is 0 Å². The van der Waals surface area contributed by atoms with Gasteiger partial charge in [0.05, 0.1) is 11.7 Å². The fourth-order valence-electron chi connectivity index (χ4n) is 2.72. The zero-order valence-electron chi connectivity index (χ0n) is 14.9. The maximum atomic E-state index is 12.4. The molecule has 0 aromatic carbocycles. The Labute approximate surface area is 140 Å². The van der Waals surface area contributed by atoms with Crippen molar-refractivity contribution in [2.24, 2.45) is 0 Å². The van der Waals surface area contributed by atoms with E-state index < -0.39 is 0 Å². The van der Waals surface area contributed by atoms with Gasteiger partial charge in [-0.2, -0.15) is 0 Å². The SMILES string of the molecule is CCC(C)(C)NC(=O)C(C)N1CCN(Cc2ccccn2)CC1. The third-order valence-electron chi connectivity index (χ3n) is 4.79. The predicted molar refractivity (Wildman–Crippen MR) is 93.1 cm³/mol. The van der Waals surface area contributed by atoms with Crippen molar-refractivity contribution < 1.29 is 4.79 Å². The third kappa shape index (κ3) is 5.29. The molecule has 0 spiro atoms. The monoisotopic (exact) mass is 318 g/mol. The molecule has 1 unspecified atom stereocenters. The lowest BCUT2D eigenvalue weighted by Gasteiger charge is -2.38. The minimum atomic E-state index is -0.133. The summed E-state index contributed by atoms with van der Waals surface area (Å²) in [6, 6.07) is 5.97. The van der Waals surface area contributed by atoms with Gasteiger partial charge in [0.1, 0.15) is 0 Å². The minimum Gasteiger partial charge on any atom is -0.350 e. The second kappa shape index (κ2) is 7.88. The van der Waals surface area contributed by atoms with E-state index in [2.05, 4.69) is 46.9 Å². The first-order valence-corrected chi connectivity index (χ1v) is 8.59. The van der Waals surface area contributed by atoms with E-state index in [0.29, 0.717) is 0 Å². The Balaban J connectivity index is 1.80. The van der Waals surface area contributed by atoms with Gasteiger partial charge < -0.3 is 5.32 Å². The van der Waals surface area contributed by atoms with Gasteiger partial charge >= 0.3 is 0 Å². The number of carbonyl (C=O) groups is 1. The maximum absolute atomic E-state index is 12.4. The molecule has 1 aromatic heterocycles. The minimum absolute atomic E-state index is 0.0715. The zero-order valence-corrected chi connectivity index (χ0v) is 14.9. The molecule has 128 valence electrons. The third-order valence-corrected chi connectivity index (χ3v) is 4.79. The Hall–Kier alpha value is -1.46. The lowest BCUT2D eigenvalue weighted by Crippen LogP contribution is -2.56. The summed E-state index contributed by atoms with van der Waals surface area (Å²) in [4.78, 5) is 21.5. The molecule has 1 amide bonds. The molecular weight excluding hydrogens is 288 g/mol. The lowest BCUT2D eigenvalue weighted by molar-refractivity contribution is -0.128. The van der Waals surface area contributed by atoms with Crippen LogP contribution in [0, 0.1) is 0 Å². The highest BCUT2D eigenvalue weighted by molar-refractivity contribution is 5.82. The Morgan fingerprint density at radius 3 is 2.57 bits per heavy atom. The Kier molecular flexibility index (Phi) is 6.13. The number of hydrogen-bond donors (Lipinski definition) is 1. The van der Waals surface area contributed by atoms with Gasteiger partial charge in [-0.3, -0.25) is 19.6 Å². The summed E-state index contributed by atoms with van der Waals surface area (Å²) in [5, 5.41) is 3.15. The van der Waals surface area contributed by atoms with Crippen LogP contribution in [0.1, 0.15) is 39.8 Å². The Morgan fingerprint density at radius 1 is 1.30 bits per heavy atom. The van der Waals surface area contributed by atoms with Crippen LogP contribution in [0.5, 0.6) is 0 Å². The summed E-state index contributed by atoms with van der Waals surface area (Å²) >= 11 is 0. The molecule has 0 saturated carbocycles. The van der Waals surface area contributed by atoms with E-state index in [1.807, 2.05) is 25.3 Å². The average molecular weight is 318 g/mol. The number of aromatic nitrogens is 1. The van der Waals surface area contributed by atoms with Crippen LogP contribution in [0.25, 0.3) is 0 Å². The number of pyridine rings is 1. The summed E-state index contributed by atoms with van der Waals surface area (Å²) in [6.07, 6.45) is 2.77. The van der Waals surface area contributed by atoms with E-state index in [1.165, 1.54) is 0 Å². The molecule has 1 fully saturated rings. The van der Waals surface area contributed by atoms with Crippen molar-refractivity contribution in [3.63, 3.8) is 0 Å². The number of hydrogen-bond acceptors (Lipinski definition) is 4. The van der Waals surface area contributed by atoms with Crippen LogP contribution in [0.15, 0.2) is 24.4 Å². The van der Waals surface area contributed by atoms with Crippen LogP contribution < -0.4 is 5.32 Å². The number of rotatable bonds is 6. The number of nitrogens with zero attached hydrogens (tertiary/aromatic N) is 3. The van der Waals surface area contributed by atoms with E-state index in [1.54, 1.807) is 0 Å². The summed E-state index contributed by atoms with van der Waals surface area (Å²) in [7, 11) is 0. The molecule has 1 aliphatic heterocycles. The molecule has 1 N–H and O–H groups in total. The smallest absolute Gasteiger partial charge is 0.237 e. The molecule has 5 nitrogen and oxygen atoms in total. The van der Waals surface area contributed by atoms with Gasteiger partial charge in [0.25, 0.3) is 0 Å². The van der Waals surface area contributed by atoms with Gasteiger partial charge in [0, 0.05) is 44.5 Å². The first kappa shape index (κ1) is 17.9. The standard InChI is InChI=1S/C18H30N4O/c1-5-18(3,4)20-17(23)15(2)22-12-10-21(11-13-22)14-16-8-6-7-9-19-16/h6-9,15H,5,10-14H2,1-4H3,(H,20,23). The molecule has 0 radical (unpaired) electrons. The fraction of sp³-hybridized carbons (Fsp3) is 0.667. The van der Waals surface area contributed by atoms with E-state index in [0.717, 1.165) is 44.8 Å². The molecular formula is C18H30N4O. The molecule has 5 heteroatoms. The largest absolute Gasteiger partial charge is 0.350 e. The quantitative estimate of drug-likeness (QED) is 0.870. The molecule has 1 aliphatic rings. The van der Waals surface area contributed by atoms with Crippen molar-refractivity contribution >= 4 is 5.91 Å². The highest BCUT2D eigenvalue weighted by Gasteiger charge is 2.28. The van der Waals surface area contributed by atoms with Crippen LogP contribution in [-0.4, -0.2) is 58.5 Å². The van der Waals surface area contributed by atoms with Crippen LogP contribution in [0.4, 0.5) is 0 Å². The molecule has 2 heterocycles. The number of piperazine rings is 1. The van der Waals surface area contributed by atoms with Crippen molar-refractivity contribution in [3.8, 4) is 0 Å². The highest BCUT2D eigenvalue weighted by Crippen LogP contribution is 2.12. The van der Waals surface area contributed by atoms with Gasteiger partial charge in [0.15, 0.2) is 0 Å². The molecule has 1 saturated heterocycles. The van der Waals surface area contributed by atoms with Crippen LogP contribution in [-0.2, 0) is 11.3 Å². The normalized spacial score (nSPS) is 18.6. The molecule has 2 rings (SSSR count). The van der Waals surface area contributed by atoms with E-state index in [-0.39, 0.29) is 17.5 Å². The zero-order chi connectivity index (χ0) is 16.9. The van der Waals surface area contributed by atoms with Crippen molar-refractivity contribution in [1.29, 1.82) is 0 Å². The topological polar surface area (TPSA) is 48.5 Å². The number of nitrogens with one attached hydrogen (secondary N) is 1. The molecule has 23 heavy (non-hydrogen) atoms. The van der Waals surface area contributed by atoms with Crippen molar-refractivity contribution in [2.75, 3.05) is 26.2 Å². The molecule has 0 bridgehead atoms. The van der Waals surface area contributed by atoms with Gasteiger partial charge in [0.2, 0.25) is 5.91 Å². The van der Waals surface area contributed by atoms with Gasteiger partial charge in [-0.05, 0) is 39.3 Å². The predicted octanol–water partition coefficient (Wildman–Crippen LogP) is 1.89. The van der Waals surface area contributed by atoms with Crippen molar-refractivity contribution in [3.05, 3.63) is 30.1 Å². The first-order chi connectivity index (χ1) is 10.9. The highest BCUT2D eigenvalue weighted by atomic mass is 16.2. The Bertz CT molecular complexity index is 495. The van der Waals surface area contributed by atoms with E-state index in [9.17, 15) is 4.79 Å². The lowest BCUT2D eigenvalue weighted by atomic mass is 10.0. The van der Waals surface area contributed by atoms with Crippen LogP contribution in [0.3, 0.4) is 0 Å². The second-order valence-electron chi connectivity index (χ2n) is 7.04. The number of carbonyl (C=O) groups excluding carboxylic acids is 1. The molecule has 1 aromatic rings. The van der Waals surface area contributed by atoms with Gasteiger partial charge in [-0.15, -0.1) is 0 Å². The van der Waals surface area contributed by atoms with E-state index in [4.69, 9.17) is 0 Å². The number of amides is 1. The first-order valence-electron chi connectivity index (χ1n) is 8.59. The summed E-state index contributed by atoms with van der Waals surface area (Å²) < 4.78 is 0. The van der Waals surface area contributed by atoms with Crippen molar-refractivity contribution in [1.82, 2.24) is 20.1 Å². The Morgan fingerprint density at radius 2 is 2.00 bits per heavy atom. The fourth-order valence-corrected chi connectivity index (χ4v) is 2.72. The second-order valence-corrected chi connectivity index (χ2v) is 7.04. The summed E-state index contributed by atoms with van der Waals surface area (Å²) in [6.45, 7) is 12.9. The van der Waals surface area contributed by atoms with E-state index >= 15 is 0 Å². The molecule has 0 aliphatic carbocycles. The molecule has 1 atom stereocenters. The average Bonchev–Trinajstić information content (AvgIpc) is 2.55. The summed E-state index contributed by atoms with van der Waals surface area (Å²) in [5.74, 6) is 0.134. The van der Waals surface area contributed by atoms with Crippen molar-refractivity contribution in [2.45, 2.75) is 52.2 Å². The summed E-state index contributed by atoms with van der Waals surface area (Å²) in [5.41, 5.74) is 0.975. The maximum Gasteiger partial charge on any atom is 0.237 e. The van der Waals surface area contributed by atoms with Gasteiger partial charge in [-0.1, -0.05) is 13.0 Å². The van der Waals surface area contributed by atoms with Gasteiger partial charge in [-0.25, -0.2) is 0 Å².